The van der Waals surface area contributed by atoms with Crippen molar-refractivity contribution in [1.82, 2.24) is 4.98 Å². The number of aliphatic hydroxyl groups is 1. The van der Waals surface area contributed by atoms with E-state index in [0.717, 1.165) is 10.8 Å². The summed E-state index contributed by atoms with van der Waals surface area (Å²) in [5.74, 6) is -0.387. The fourth-order valence-corrected chi connectivity index (χ4v) is 2.75. The molecule has 4 heteroatoms. The molecule has 0 radical (unpaired) electrons. The molecule has 0 spiro atoms. The summed E-state index contributed by atoms with van der Waals surface area (Å²) < 4.78 is 14.1. The van der Waals surface area contributed by atoms with Crippen molar-refractivity contribution in [2.24, 2.45) is 0 Å². The number of benzene rings is 2. The molecule has 0 aliphatic rings. The Morgan fingerprint density at radius 2 is 1.90 bits per heavy atom. The van der Waals surface area contributed by atoms with Gasteiger partial charge in [0, 0.05) is 27.8 Å². The van der Waals surface area contributed by atoms with Gasteiger partial charge in [0.05, 0.1) is 0 Å². The Morgan fingerprint density at radius 1 is 1.10 bits per heavy atom. The zero-order valence-electron chi connectivity index (χ0n) is 10.4. The van der Waals surface area contributed by atoms with Crippen molar-refractivity contribution in [3.63, 3.8) is 0 Å². The fourth-order valence-electron chi connectivity index (χ4n) is 2.27. The monoisotopic (exact) mass is 331 g/mol. The van der Waals surface area contributed by atoms with Gasteiger partial charge in [0.25, 0.3) is 0 Å². The highest BCUT2D eigenvalue weighted by Gasteiger charge is 2.15. The Hall–Kier alpha value is -1.78. The summed E-state index contributed by atoms with van der Waals surface area (Å²) in [5.41, 5.74) is 1.16. The molecule has 20 heavy (non-hydrogen) atoms. The van der Waals surface area contributed by atoms with E-state index in [1.165, 1.54) is 12.1 Å². The molecule has 0 saturated carbocycles. The van der Waals surface area contributed by atoms with E-state index in [-0.39, 0.29) is 5.82 Å². The van der Waals surface area contributed by atoms with Gasteiger partial charge in [-0.05, 0) is 29.1 Å². The molecule has 1 atom stereocenters. The van der Waals surface area contributed by atoms with Crippen molar-refractivity contribution in [3.05, 3.63) is 76.3 Å². The number of aliphatic hydroxyl groups excluding tert-OH is 1. The molecule has 0 bridgehead atoms. The van der Waals surface area contributed by atoms with Gasteiger partial charge in [-0.3, -0.25) is 4.98 Å². The Morgan fingerprint density at radius 3 is 2.70 bits per heavy atom. The molecular weight excluding hydrogens is 321 g/mol. The molecule has 1 N–H and O–H groups in total. The molecule has 0 aliphatic heterocycles. The standard InChI is InChI=1S/C16H11BrFNO/c17-12-5-11(6-13(18)7-12)16(20)15-9-19-8-10-3-1-2-4-14(10)15/h1-9,16,20H. The van der Waals surface area contributed by atoms with E-state index >= 15 is 0 Å². The molecule has 2 nitrogen and oxygen atoms in total. The van der Waals surface area contributed by atoms with E-state index in [1.807, 2.05) is 24.3 Å². The number of fused-ring (bicyclic) bond motifs is 1. The molecule has 0 saturated heterocycles. The number of hydrogen-bond acceptors (Lipinski definition) is 2. The van der Waals surface area contributed by atoms with Crippen LogP contribution >= 0.6 is 15.9 Å². The normalized spacial score (nSPS) is 12.6. The topological polar surface area (TPSA) is 33.1 Å². The van der Waals surface area contributed by atoms with E-state index < -0.39 is 6.10 Å². The Kier molecular flexibility index (Phi) is 3.51. The molecule has 100 valence electrons. The second kappa shape index (κ2) is 5.31. The first-order valence-corrected chi connectivity index (χ1v) is 6.91. The summed E-state index contributed by atoms with van der Waals surface area (Å²) in [6.07, 6.45) is 2.44. The van der Waals surface area contributed by atoms with Gasteiger partial charge in [0.15, 0.2) is 0 Å². The summed E-state index contributed by atoms with van der Waals surface area (Å²) in [7, 11) is 0. The maximum absolute atomic E-state index is 13.5. The van der Waals surface area contributed by atoms with Gasteiger partial charge in [-0.15, -0.1) is 0 Å². The van der Waals surface area contributed by atoms with Gasteiger partial charge in [0.2, 0.25) is 0 Å². The largest absolute Gasteiger partial charge is 0.384 e. The van der Waals surface area contributed by atoms with Crippen LogP contribution in [-0.4, -0.2) is 10.1 Å². The molecule has 0 fully saturated rings. The molecule has 3 rings (SSSR count). The van der Waals surface area contributed by atoms with Crippen molar-refractivity contribution in [2.45, 2.75) is 6.10 Å². The molecule has 1 heterocycles. The third kappa shape index (κ3) is 2.44. The highest BCUT2D eigenvalue weighted by atomic mass is 79.9. The van der Waals surface area contributed by atoms with Crippen LogP contribution in [0.5, 0.6) is 0 Å². The minimum absolute atomic E-state index is 0.387. The first-order valence-electron chi connectivity index (χ1n) is 6.12. The van der Waals surface area contributed by atoms with Gasteiger partial charge >= 0.3 is 0 Å². The highest BCUT2D eigenvalue weighted by molar-refractivity contribution is 9.10. The van der Waals surface area contributed by atoms with Crippen LogP contribution in [0.1, 0.15) is 17.2 Å². The Bertz CT molecular complexity index is 750. The molecule has 1 aromatic heterocycles. The predicted octanol–water partition coefficient (Wildman–Crippen LogP) is 4.22. The quantitative estimate of drug-likeness (QED) is 0.762. The lowest BCUT2D eigenvalue weighted by molar-refractivity contribution is 0.221. The molecule has 0 aliphatic carbocycles. The van der Waals surface area contributed by atoms with Gasteiger partial charge < -0.3 is 5.11 Å². The Labute approximate surface area is 124 Å². The first-order chi connectivity index (χ1) is 9.65. The van der Waals surface area contributed by atoms with Gasteiger partial charge in [-0.25, -0.2) is 4.39 Å². The van der Waals surface area contributed by atoms with Crippen molar-refractivity contribution in [2.75, 3.05) is 0 Å². The van der Waals surface area contributed by atoms with Gasteiger partial charge in [-0.1, -0.05) is 40.2 Å². The van der Waals surface area contributed by atoms with Crippen molar-refractivity contribution in [1.29, 1.82) is 0 Å². The average molecular weight is 332 g/mol. The minimum atomic E-state index is -0.916. The summed E-state index contributed by atoms with van der Waals surface area (Å²) in [4.78, 5) is 4.14. The third-order valence-corrected chi connectivity index (χ3v) is 3.65. The predicted molar refractivity (Wildman–Crippen MR) is 79.9 cm³/mol. The first kappa shape index (κ1) is 13.2. The Balaban J connectivity index is 2.15. The summed E-state index contributed by atoms with van der Waals surface area (Å²) >= 11 is 3.24. The van der Waals surface area contributed by atoms with E-state index in [1.54, 1.807) is 18.5 Å². The van der Waals surface area contributed by atoms with E-state index in [2.05, 4.69) is 20.9 Å². The number of nitrogens with zero attached hydrogens (tertiary/aromatic N) is 1. The highest BCUT2D eigenvalue weighted by Crippen LogP contribution is 2.29. The number of aromatic nitrogens is 1. The fraction of sp³-hybridized carbons (Fsp3) is 0.0625. The van der Waals surface area contributed by atoms with E-state index in [9.17, 15) is 9.50 Å². The lowest BCUT2D eigenvalue weighted by atomic mass is 9.98. The minimum Gasteiger partial charge on any atom is -0.384 e. The molecule has 3 aromatic rings. The zero-order chi connectivity index (χ0) is 14.1. The van der Waals surface area contributed by atoms with Gasteiger partial charge in [-0.2, -0.15) is 0 Å². The van der Waals surface area contributed by atoms with Crippen LogP contribution in [0.2, 0.25) is 0 Å². The number of pyridine rings is 1. The lowest BCUT2D eigenvalue weighted by Crippen LogP contribution is -2.02. The van der Waals surface area contributed by atoms with E-state index in [0.29, 0.717) is 15.6 Å². The van der Waals surface area contributed by atoms with Crippen LogP contribution in [-0.2, 0) is 0 Å². The van der Waals surface area contributed by atoms with Crippen LogP contribution in [0.25, 0.3) is 10.8 Å². The number of hydrogen-bond donors (Lipinski definition) is 1. The molecule has 1 unspecified atom stereocenters. The van der Waals surface area contributed by atoms with Crippen LogP contribution < -0.4 is 0 Å². The summed E-state index contributed by atoms with van der Waals surface area (Å²) in [5, 5.41) is 12.4. The van der Waals surface area contributed by atoms with Crippen LogP contribution in [0.15, 0.2) is 59.3 Å². The summed E-state index contributed by atoms with van der Waals surface area (Å²) in [6.45, 7) is 0. The second-order valence-electron chi connectivity index (χ2n) is 4.56. The number of halogens is 2. The molecule has 2 aromatic carbocycles. The van der Waals surface area contributed by atoms with Crippen molar-refractivity contribution < 1.29 is 9.50 Å². The van der Waals surface area contributed by atoms with Crippen LogP contribution in [0.3, 0.4) is 0 Å². The zero-order valence-corrected chi connectivity index (χ0v) is 12.0. The third-order valence-electron chi connectivity index (χ3n) is 3.19. The maximum atomic E-state index is 13.5. The van der Waals surface area contributed by atoms with E-state index in [4.69, 9.17) is 0 Å². The number of rotatable bonds is 2. The summed E-state index contributed by atoms with van der Waals surface area (Å²) in [6, 6.07) is 12.1. The molecule has 0 amide bonds. The van der Waals surface area contributed by atoms with Crippen LogP contribution in [0.4, 0.5) is 4.39 Å². The smallest absolute Gasteiger partial charge is 0.124 e. The SMILES string of the molecule is OC(c1cc(F)cc(Br)c1)c1cncc2ccccc12. The maximum Gasteiger partial charge on any atom is 0.124 e. The van der Waals surface area contributed by atoms with Crippen LogP contribution in [0, 0.1) is 5.82 Å². The van der Waals surface area contributed by atoms with Crippen molar-refractivity contribution in [3.8, 4) is 0 Å². The van der Waals surface area contributed by atoms with Gasteiger partial charge in [0.1, 0.15) is 11.9 Å². The molecular formula is C16H11BrFNO. The second-order valence-corrected chi connectivity index (χ2v) is 5.47. The lowest BCUT2D eigenvalue weighted by Gasteiger charge is -2.14. The van der Waals surface area contributed by atoms with Crippen molar-refractivity contribution >= 4 is 26.7 Å². The average Bonchev–Trinajstić information content (AvgIpc) is 2.45.